The van der Waals surface area contributed by atoms with Gasteiger partial charge in [-0.3, -0.25) is 14.4 Å². The van der Waals surface area contributed by atoms with E-state index in [2.05, 4.69) is 23.5 Å². The summed E-state index contributed by atoms with van der Waals surface area (Å²) in [6.45, 7) is 6.21. The molecule has 2 aromatic rings. The fourth-order valence-electron chi connectivity index (χ4n) is 5.17. The van der Waals surface area contributed by atoms with E-state index in [4.69, 9.17) is 34.8 Å². The largest absolute Gasteiger partial charge is 0.343 e. The van der Waals surface area contributed by atoms with Crippen molar-refractivity contribution in [1.82, 2.24) is 19.4 Å². The summed E-state index contributed by atoms with van der Waals surface area (Å²) in [7, 11) is 0. The van der Waals surface area contributed by atoms with Crippen molar-refractivity contribution in [3.8, 4) is 0 Å². The molecule has 3 amide bonds. The Morgan fingerprint density at radius 1 is 1.05 bits per heavy atom. The van der Waals surface area contributed by atoms with Crippen molar-refractivity contribution in [1.29, 1.82) is 0 Å². The van der Waals surface area contributed by atoms with E-state index in [1.807, 2.05) is 23.1 Å². The highest BCUT2D eigenvalue weighted by Crippen LogP contribution is 2.38. The van der Waals surface area contributed by atoms with Crippen molar-refractivity contribution in [2.24, 2.45) is 0 Å². The third kappa shape index (κ3) is 7.03. The van der Waals surface area contributed by atoms with Gasteiger partial charge < -0.3 is 15.1 Å². The number of carbonyl (C=O) groups is 3. The zero-order valence-electron chi connectivity index (χ0n) is 22.2. The molecule has 0 saturated carbocycles. The molecule has 2 heterocycles. The lowest BCUT2D eigenvalue weighted by Gasteiger charge is -2.54. The summed E-state index contributed by atoms with van der Waals surface area (Å²) in [5.41, 5.74) is 0.897. The van der Waals surface area contributed by atoms with Gasteiger partial charge >= 0.3 is 0 Å². The highest BCUT2D eigenvalue weighted by atomic mass is 35.5. The van der Waals surface area contributed by atoms with Gasteiger partial charge in [0.1, 0.15) is 18.2 Å². The predicted molar refractivity (Wildman–Crippen MR) is 157 cm³/mol. The van der Waals surface area contributed by atoms with Crippen LogP contribution in [0.25, 0.3) is 0 Å². The molecule has 0 aliphatic carbocycles. The molecule has 2 saturated heterocycles. The summed E-state index contributed by atoms with van der Waals surface area (Å²) in [5, 5.41) is 4.41. The van der Waals surface area contributed by atoms with Crippen molar-refractivity contribution < 1.29 is 14.4 Å². The number of benzene rings is 2. The fraction of sp³-hybridized carbons (Fsp3) is 0.464. The van der Waals surface area contributed by atoms with E-state index in [0.717, 1.165) is 29.7 Å². The number of fused-ring (bicyclic) bond motifs is 1. The normalized spacial score (nSPS) is 22.6. The topological polar surface area (TPSA) is 73.0 Å². The SMILES string of the molecule is CCCCC(C)N1CC2N(Sc3ccc(Cl)cc3Cl)CC(NC(C)=O)C(=O)N2C(Cc2ccc(Cl)cc2)C1=O. The minimum absolute atomic E-state index is 0.0152. The molecule has 0 aromatic heterocycles. The minimum atomic E-state index is -0.804. The lowest BCUT2D eigenvalue weighted by molar-refractivity contribution is -0.169. The monoisotopic (exact) mass is 610 g/mol. The van der Waals surface area contributed by atoms with Crippen LogP contribution in [0.5, 0.6) is 0 Å². The third-order valence-electron chi connectivity index (χ3n) is 7.17. The standard InChI is InChI=1S/C28H33Cl3N4O3S/c1-4-5-6-17(2)33-16-26-34(39-25-12-11-21(30)14-22(25)31)15-23(32-18(3)36)27(37)35(26)24(28(33)38)13-19-7-9-20(29)10-8-19/h7-12,14,17,23-24,26H,4-6,13,15-16H2,1-3H3,(H,32,36). The van der Waals surface area contributed by atoms with Crippen molar-refractivity contribution >= 4 is 64.5 Å². The first-order chi connectivity index (χ1) is 18.6. The van der Waals surface area contributed by atoms with Crippen LogP contribution in [0.1, 0.15) is 45.6 Å². The van der Waals surface area contributed by atoms with Gasteiger partial charge in [-0.1, -0.05) is 66.7 Å². The number of nitrogens with one attached hydrogen (secondary N) is 1. The van der Waals surface area contributed by atoms with E-state index in [1.54, 1.807) is 29.2 Å². The number of unbranched alkanes of at least 4 members (excludes halogenated alkanes) is 1. The van der Waals surface area contributed by atoms with Crippen LogP contribution in [0.3, 0.4) is 0 Å². The molecular weight excluding hydrogens is 579 g/mol. The smallest absolute Gasteiger partial charge is 0.248 e. The summed E-state index contributed by atoms with van der Waals surface area (Å²) in [5.74, 6) is -0.660. The van der Waals surface area contributed by atoms with Gasteiger partial charge in [0, 0.05) is 40.9 Å². The number of amides is 3. The van der Waals surface area contributed by atoms with Gasteiger partial charge in [-0.25, -0.2) is 4.31 Å². The number of halogens is 3. The van der Waals surface area contributed by atoms with Gasteiger partial charge in [-0.05, 0) is 61.2 Å². The van der Waals surface area contributed by atoms with Crippen molar-refractivity contribution in [3.63, 3.8) is 0 Å². The maximum absolute atomic E-state index is 14.0. The molecule has 0 spiro atoms. The number of nitrogens with zero attached hydrogens (tertiary/aromatic N) is 3. The van der Waals surface area contributed by atoms with E-state index in [1.165, 1.54) is 18.9 Å². The lowest BCUT2D eigenvalue weighted by atomic mass is 9.95. The van der Waals surface area contributed by atoms with Crippen LogP contribution in [0.15, 0.2) is 47.4 Å². The summed E-state index contributed by atoms with van der Waals surface area (Å²) in [6.07, 6.45) is 2.83. The molecule has 210 valence electrons. The van der Waals surface area contributed by atoms with Crippen LogP contribution in [0.4, 0.5) is 0 Å². The number of piperazine rings is 1. The fourth-order valence-corrected chi connectivity index (χ4v) is 6.85. The van der Waals surface area contributed by atoms with Crippen LogP contribution in [-0.2, 0) is 20.8 Å². The molecule has 7 nitrogen and oxygen atoms in total. The van der Waals surface area contributed by atoms with Crippen LogP contribution >= 0.6 is 46.8 Å². The molecule has 0 bridgehead atoms. The Morgan fingerprint density at radius 2 is 1.74 bits per heavy atom. The molecule has 39 heavy (non-hydrogen) atoms. The number of rotatable bonds is 9. The zero-order chi connectivity index (χ0) is 28.3. The highest BCUT2D eigenvalue weighted by Gasteiger charge is 2.51. The Bertz CT molecular complexity index is 1220. The van der Waals surface area contributed by atoms with Crippen LogP contribution in [0, 0.1) is 0 Å². The molecule has 0 radical (unpaired) electrons. The Labute approximate surface area is 249 Å². The second kappa shape index (κ2) is 13.1. The molecule has 4 rings (SSSR count). The van der Waals surface area contributed by atoms with Crippen LogP contribution < -0.4 is 5.32 Å². The predicted octanol–water partition coefficient (Wildman–Crippen LogP) is 5.66. The molecular formula is C28H33Cl3N4O3S. The average Bonchev–Trinajstić information content (AvgIpc) is 2.88. The minimum Gasteiger partial charge on any atom is -0.343 e. The van der Waals surface area contributed by atoms with Gasteiger partial charge in [-0.15, -0.1) is 0 Å². The molecule has 2 aliphatic rings. The van der Waals surface area contributed by atoms with E-state index >= 15 is 0 Å². The molecule has 2 aromatic carbocycles. The van der Waals surface area contributed by atoms with Gasteiger partial charge in [0.15, 0.2) is 0 Å². The summed E-state index contributed by atoms with van der Waals surface area (Å²) < 4.78 is 2.05. The van der Waals surface area contributed by atoms with E-state index < -0.39 is 18.2 Å². The zero-order valence-corrected chi connectivity index (χ0v) is 25.3. The van der Waals surface area contributed by atoms with Gasteiger partial charge in [0.2, 0.25) is 17.7 Å². The highest BCUT2D eigenvalue weighted by molar-refractivity contribution is 7.97. The van der Waals surface area contributed by atoms with Gasteiger partial charge in [0.05, 0.1) is 11.6 Å². The first-order valence-electron chi connectivity index (χ1n) is 13.1. The molecule has 1 N–H and O–H groups in total. The maximum Gasteiger partial charge on any atom is 0.248 e. The summed E-state index contributed by atoms with van der Waals surface area (Å²) in [4.78, 5) is 44.3. The van der Waals surface area contributed by atoms with Crippen LogP contribution in [0.2, 0.25) is 15.1 Å². The average molecular weight is 612 g/mol. The molecule has 4 atom stereocenters. The van der Waals surface area contributed by atoms with E-state index in [9.17, 15) is 14.4 Å². The van der Waals surface area contributed by atoms with E-state index in [0.29, 0.717) is 28.0 Å². The summed E-state index contributed by atoms with van der Waals surface area (Å²) in [6, 6.07) is 11.1. The van der Waals surface area contributed by atoms with Crippen molar-refractivity contribution in [2.45, 2.75) is 75.6 Å². The number of carbonyl (C=O) groups excluding carboxylic acids is 3. The Balaban J connectivity index is 1.74. The number of hydrogen-bond acceptors (Lipinski definition) is 5. The maximum atomic E-state index is 14.0. The lowest BCUT2D eigenvalue weighted by Crippen LogP contribution is -2.75. The quantitative estimate of drug-likeness (QED) is 0.371. The third-order valence-corrected chi connectivity index (χ3v) is 9.26. The number of hydrogen-bond donors (Lipinski definition) is 1. The Morgan fingerprint density at radius 3 is 2.38 bits per heavy atom. The van der Waals surface area contributed by atoms with Crippen molar-refractivity contribution in [3.05, 3.63) is 63.1 Å². The van der Waals surface area contributed by atoms with Crippen LogP contribution in [-0.4, -0.2) is 69.2 Å². The summed E-state index contributed by atoms with van der Waals surface area (Å²) >= 11 is 20.2. The molecule has 2 aliphatic heterocycles. The van der Waals surface area contributed by atoms with Crippen molar-refractivity contribution in [2.75, 3.05) is 13.1 Å². The Hall–Kier alpha value is -1.97. The second-order valence-corrected chi connectivity index (χ2v) is 12.4. The molecule has 2 fully saturated rings. The Kier molecular flexibility index (Phi) is 10.1. The van der Waals surface area contributed by atoms with E-state index in [-0.39, 0.29) is 30.3 Å². The van der Waals surface area contributed by atoms with Gasteiger partial charge in [0.25, 0.3) is 0 Å². The molecule has 11 heteroatoms. The second-order valence-electron chi connectivity index (χ2n) is 10.1. The molecule has 4 unspecified atom stereocenters. The first kappa shape index (κ1) is 30.0. The van der Waals surface area contributed by atoms with Gasteiger partial charge in [-0.2, -0.15) is 0 Å². The first-order valence-corrected chi connectivity index (χ1v) is 15.0.